The Kier molecular flexibility index (Phi) is 4.33. The molecule has 1 aliphatic heterocycles. The number of nitrogens with one attached hydrogen (secondary N) is 3. The molecule has 0 aromatic carbocycles. The number of H-pyrrole nitrogens is 1. The second kappa shape index (κ2) is 5.97. The van der Waals surface area contributed by atoms with E-state index in [2.05, 4.69) is 20.6 Å². The van der Waals surface area contributed by atoms with Gasteiger partial charge in [-0.25, -0.2) is 4.98 Å². The lowest BCUT2D eigenvalue weighted by molar-refractivity contribution is 0.0635. The van der Waals surface area contributed by atoms with E-state index in [4.69, 9.17) is 4.74 Å². The van der Waals surface area contributed by atoms with E-state index in [9.17, 15) is 4.79 Å². The number of hydrogen-bond acceptors (Lipinski definition) is 5. The Morgan fingerprint density at radius 2 is 2.28 bits per heavy atom. The van der Waals surface area contributed by atoms with Crippen molar-refractivity contribution in [3.8, 4) is 0 Å². The lowest BCUT2D eigenvalue weighted by Crippen LogP contribution is -2.44. The maximum Gasteiger partial charge on any atom is 0.252 e. The second-order valence-corrected chi connectivity index (χ2v) is 4.83. The van der Waals surface area contributed by atoms with Crippen LogP contribution in [-0.4, -0.2) is 43.3 Å². The number of ether oxygens (including phenoxy) is 1. The van der Waals surface area contributed by atoms with Crippen molar-refractivity contribution in [1.29, 1.82) is 0 Å². The number of anilines is 1. The van der Waals surface area contributed by atoms with Crippen LogP contribution in [-0.2, 0) is 4.74 Å². The first kappa shape index (κ1) is 13.0. The number of nitrogens with zero attached hydrogens (tertiary/aromatic N) is 1. The summed E-state index contributed by atoms with van der Waals surface area (Å²) in [5.74, 6) is 0.618. The number of aromatic amines is 1. The molecule has 1 aliphatic rings. The largest absolute Gasteiger partial charge is 0.384 e. The van der Waals surface area contributed by atoms with Gasteiger partial charge in [0.2, 0.25) is 0 Å². The predicted molar refractivity (Wildman–Crippen MR) is 69.8 cm³/mol. The lowest BCUT2D eigenvalue weighted by atomic mass is 9.79. The van der Waals surface area contributed by atoms with E-state index in [1.165, 1.54) is 12.4 Å². The highest BCUT2D eigenvalue weighted by Crippen LogP contribution is 2.29. The first-order valence-corrected chi connectivity index (χ1v) is 6.22. The fourth-order valence-electron chi connectivity index (χ4n) is 2.38. The molecule has 0 saturated carbocycles. The molecule has 1 aromatic heterocycles. The van der Waals surface area contributed by atoms with Gasteiger partial charge in [0.25, 0.3) is 5.56 Å². The van der Waals surface area contributed by atoms with E-state index < -0.39 is 0 Å². The summed E-state index contributed by atoms with van der Waals surface area (Å²) in [5, 5.41) is 6.59. The molecular weight excluding hydrogens is 232 g/mol. The van der Waals surface area contributed by atoms with Gasteiger partial charge in [0.15, 0.2) is 0 Å². The Morgan fingerprint density at radius 3 is 2.94 bits per heavy atom. The summed E-state index contributed by atoms with van der Waals surface area (Å²) in [6.45, 7) is 3.52. The first-order valence-electron chi connectivity index (χ1n) is 6.22. The normalized spacial score (nSPS) is 18.5. The Labute approximate surface area is 106 Å². The molecule has 0 bridgehead atoms. The minimum atomic E-state index is -0.140. The van der Waals surface area contributed by atoms with Crippen LogP contribution in [0, 0.1) is 5.41 Å². The molecule has 1 fully saturated rings. The quantitative estimate of drug-likeness (QED) is 0.697. The number of aromatic nitrogens is 2. The van der Waals surface area contributed by atoms with Crippen molar-refractivity contribution in [1.82, 2.24) is 15.3 Å². The van der Waals surface area contributed by atoms with Gasteiger partial charge in [-0.2, -0.15) is 0 Å². The van der Waals surface area contributed by atoms with Crippen molar-refractivity contribution in [2.75, 3.05) is 38.7 Å². The van der Waals surface area contributed by atoms with Gasteiger partial charge in [-0.05, 0) is 25.9 Å². The van der Waals surface area contributed by atoms with E-state index in [1.54, 1.807) is 7.11 Å². The predicted octanol–water partition coefficient (Wildman–Crippen LogP) is 0.198. The smallest absolute Gasteiger partial charge is 0.252 e. The van der Waals surface area contributed by atoms with E-state index in [0.717, 1.165) is 39.1 Å². The molecule has 0 radical (unpaired) electrons. The molecule has 6 heteroatoms. The molecule has 0 aliphatic carbocycles. The molecule has 2 heterocycles. The number of piperidine rings is 1. The Hall–Kier alpha value is -1.40. The molecule has 0 amide bonds. The molecule has 18 heavy (non-hydrogen) atoms. The summed E-state index contributed by atoms with van der Waals surface area (Å²) < 4.78 is 5.34. The Morgan fingerprint density at radius 1 is 1.50 bits per heavy atom. The van der Waals surface area contributed by atoms with Crippen LogP contribution in [0.2, 0.25) is 0 Å². The van der Waals surface area contributed by atoms with Crippen molar-refractivity contribution < 1.29 is 4.74 Å². The summed E-state index contributed by atoms with van der Waals surface area (Å²) in [4.78, 5) is 17.8. The van der Waals surface area contributed by atoms with Crippen molar-refractivity contribution in [3.05, 3.63) is 22.7 Å². The Bertz CT molecular complexity index is 421. The molecule has 2 rings (SSSR count). The van der Waals surface area contributed by atoms with E-state index in [-0.39, 0.29) is 11.0 Å². The summed E-state index contributed by atoms with van der Waals surface area (Å²) in [6, 6.07) is 1.47. The zero-order valence-electron chi connectivity index (χ0n) is 10.7. The third-order valence-corrected chi connectivity index (χ3v) is 3.44. The SMILES string of the molecule is COCC1(CNc2cc(=O)[nH]cn2)CCNCC1. The molecule has 100 valence electrons. The van der Waals surface area contributed by atoms with E-state index >= 15 is 0 Å². The van der Waals surface area contributed by atoms with Gasteiger partial charge in [0.1, 0.15) is 5.82 Å². The topological polar surface area (TPSA) is 79.0 Å². The lowest BCUT2D eigenvalue weighted by Gasteiger charge is -2.37. The minimum Gasteiger partial charge on any atom is -0.384 e. The molecule has 0 atom stereocenters. The maximum absolute atomic E-state index is 11.2. The van der Waals surface area contributed by atoms with Crippen LogP contribution in [0.3, 0.4) is 0 Å². The standard InChI is InChI=1S/C12H20N4O2/c1-18-8-12(2-4-13-5-3-12)7-14-10-6-11(17)16-9-15-10/h6,9,13H,2-5,7-8H2,1H3,(H2,14,15,16,17). The van der Waals surface area contributed by atoms with Gasteiger partial charge < -0.3 is 20.4 Å². The van der Waals surface area contributed by atoms with Crippen LogP contribution in [0.5, 0.6) is 0 Å². The van der Waals surface area contributed by atoms with Gasteiger partial charge in [-0.15, -0.1) is 0 Å². The zero-order valence-corrected chi connectivity index (χ0v) is 10.7. The zero-order chi connectivity index (χ0) is 12.8. The third kappa shape index (κ3) is 3.30. The average Bonchev–Trinajstić information content (AvgIpc) is 2.38. The molecule has 0 spiro atoms. The van der Waals surface area contributed by atoms with Crippen LogP contribution in [0.25, 0.3) is 0 Å². The summed E-state index contributed by atoms with van der Waals surface area (Å²) in [7, 11) is 1.73. The Balaban J connectivity index is 1.99. The van der Waals surface area contributed by atoms with Gasteiger partial charge in [0.05, 0.1) is 12.9 Å². The van der Waals surface area contributed by atoms with Crippen LogP contribution in [0.4, 0.5) is 5.82 Å². The molecule has 1 aromatic rings. The van der Waals surface area contributed by atoms with Gasteiger partial charge >= 0.3 is 0 Å². The summed E-state index contributed by atoms with van der Waals surface area (Å²) in [5.41, 5.74) is -0.0109. The molecule has 3 N–H and O–H groups in total. The second-order valence-electron chi connectivity index (χ2n) is 4.83. The number of rotatable bonds is 5. The van der Waals surface area contributed by atoms with Crippen molar-refractivity contribution in [3.63, 3.8) is 0 Å². The number of hydrogen-bond donors (Lipinski definition) is 3. The summed E-state index contributed by atoms with van der Waals surface area (Å²) in [6.07, 6.45) is 3.55. The van der Waals surface area contributed by atoms with E-state index in [1.807, 2.05) is 0 Å². The monoisotopic (exact) mass is 252 g/mol. The minimum absolute atomic E-state index is 0.129. The first-order chi connectivity index (χ1) is 8.74. The molecule has 1 saturated heterocycles. The van der Waals surface area contributed by atoms with Crippen molar-refractivity contribution in [2.24, 2.45) is 5.41 Å². The third-order valence-electron chi connectivity index (χ3n) is 3.44. The van der Waals surface area contributed by atoms with Crippen LogP contribution >= 0.6 is 0 Å². The fraction of sp³-hybridized carbons (Fsp3) is 0.667. The number of methoxy groups -OCH3 is 1. The van der Waals surface area contributed by atoms with Crippen molar-refractivity contribution in [2.45, 2.75) is 12.8 Å². The highest BCUT2D eigenvalue weighted by atomic mass is 16.5. The highest BCUT2D eigenvalue weighted by molar-refractivity contribution is 5.32. The average molecular weight is 252 g/mol. The van der Waals surface area contributed by atoms with Crippen LogP contribution in [0.1, 0.15) is 12.8 Å². The van der Waals surface area contributed by atoms with Gasteiger partial charge in [-0.1, -0.05) is 0 Å². The highest BCUT2D eigenvalue weighted by Gasteiger charge is 2.31. The van der Waals surface area contributed by atoms with Crippen LogP contribution < -0.4 is 16.2 Å². The molecular formula is C12H20N4O2. The van der Waals surface area contributed by atoms with Gasteiger partial charge in [-0.3, -0.25) is 4.79 Å². The maximum atomic E-state index is 11.2. The van der Waals surface area contributed by atoms with Crippen LogP contribution in [0.15, 0.2) is 17.2 Å². The fourth-order valence-corrected chi connectivity index (χ4v) is 2.38. The van der Waals surface area contributed by atoms with E-state index in [0.29, 0.717) is 5.82 Å². The summed E-state index contributed by atoms with van der Waals surface area (Å²) >= 11 is 0. The molecule has 6 nitrogen and oxygen atoms in total. The van der Waals surface area contributed by atoms with Crippen molar-refractivity contribution >= 4 is 5.82 Å². The molecule has 0 unspecified atom stereocenters. The van der Waals surface area contributed by atoms with Gasteiger partial charge in [0, 0.05) is 25.1 Å².